The largest absolute Gasteiger partial charge is 1.00 e. The van der Waals surface area contributed by atoms with Crippen molar-refractivity contribution >= 4 is 14.1 Å². The molecule has 0 fully saturated rings. The van der Waals surface area contributed by atoms with Gasteiger partial charge >= 0.3 is 29.6 Å². The minimum absolute atomic E-state index is 0. The van der Waals surface area contributed by atoms with Crippen LogP contribution < -0.4 is 29.6 Å². The van der Waals surface area contributed by atoms with E-state index in [1.165, 1.54) is 15.8 Å². The Hall–Kier alpha value is 1.53. The minimum atomic E-state index is -0.171. The fourth-order valence-electron chi connectivity index (χ4n) is 0.866. The maximum absolute atomic E-state index is 2.32. The first-order valence-electron chi connectivity index (χ1n) is 3.35. The molecule has 0 aromatic carbocycles. The van der Waals surface area contributed by atoms with E-state index in [0.717, 1.165) is 0 Å². The van der Waals surface area contributed by atoms with Gasteiger partial charge in [-0.05, 0) is 0 Å². The van der Waals surface area contributed by atoms with Gasteiger partial charge in [0.25, 0.3) is 14.1 Å². The average Bonchev–Trinajstić information content (AvgIpc) is 1.72. The molecule has 8 heavy (non-hydrogen) atoms. The van der Waals surface area contributed by atoms with Gasteiger partial charge in [0, 0.05) is 0 Å². The first kappa shape index (κ1) is 12.2. The Morgan fingerprint density at radius 3 is 1.25 bits per heavy atom. The smallest absolute Gasteiger partial charge is 1.00 e. The Labute approximate surface area is 81.2 Å². The van der Waals surface area contributed by atoms with E-state index in [1.54, 1.807) is 0 Å². The normalized spacial score (nSPS) is 7.88. The molecule has 0 atom stereocenters. The molecule has 0 nitrogen and oxygen atoms in total. The number of rotatable bonds is 3. The first-order chi connectivity index (χ1) is 3.35. The number of hydrogen-bond donors (Lipinski definition) is 0. The van der Waals surface area contributed by atoms with Crippen molar-refractivity contribution in [1.82, 2.24) is 0 Å². The molecule has 44 valence electrons. The van der Waals surface area contributed by atoms with E-state index < -0.39 is 0 Å². The van der Waals surface area contributed by atoms with Gasteiger partial charge in [-0.1, -0.05) is 36.6 Å². The molecule has 0 heterocycles. The molecular formula is C6H16AlNa. The monoisotopic (exact) mass is 138 g/mol. The maximum Gasteiger partial charge on any atom is 1.00 e. The minimum Gasteiger partial charge on any atom is -1.00 e. The molecule has 0 aromatic rings. The molecule has 0 aliphatic carbocycles. The Balaban J connectivity index is -0.000000180. The molecule has 0 saturated heterocycles. The van der Waals surface area contributed by atoms with Crippen LogP contribution in [-0.4, -0.2) is 14.1 Å². The third-order valence-electron chi connectivity index (χ3n) is 1.73. The third kappa shape index (κ3) is 5.67. The predicted octanol–water partition coefficient (Wildman–Crippen LogP) is -0.343. The van der Waals surface area contributed by atoms with Crippen LogP contribution in [0.4, 0.5) is 0 Å². The van der Waals surface area contributed by atoms with Crippen LogP contribution in [0.3, 0.4) is 0 Å². The van der Waals surface area contributed by atoms with Crippen LogP contribution in [0.15, 0.2) is 0 Å². The Morgan fingerprint density at radius 1 is 1.00 bits per heavy atom. The molecule has 0 bridgehead atoms. The molecule has 0 aromatic heterocycles. The topological polar surface area (TPSA) is 0 Å². The van der Waals surface area contributed by atoms with Gasteiger partial charge in [0.05, 0.1) is 0 Å². The first-order valence-corrected chi connectivity index (χ1v) is 5.80. The van der Waals surface area contributed by atoms with Crippen molar-refractivity contribution in [1.29, 1.82) is 0 Å². The molecule has 0 radical (unpaired) electrons. The van der Waals surface area contributed by atoms with E-state index >= 15 is 0 Å². The summed E-state index contributed by atoms with van der Waals surface area (Å²) in [6.45, 7) is 6.97. The summed E-state index contributed by atoms with van der Waals surface area (Å²) in [6, 6.07) is 0. The van der Waals surface area contributed by atoms with Crippen LogP contribution in [0.1, 0.15) is 22.2 Å². The van der Waals surface area contributed by atoms with Gasteiger partial charge in [-0.2, -0.15) is 0 Å². The van der Waals surface area contributed by atoms with Crippen LogP contribution in [0, 0.1) is 0 Å². The second-order valence-electron chi connectivity index (χ2n) is 2.09. The second kappa shape index (κ2) is 8.53. The van der Waals surface area contributed by atoms with Crippen molar-refractivity contribution in [2.24, 2.45) is 0 Å². The van der Waals surface area contributed by atoms with Gasteiger partial charge in [-0.3, -0.25) is 0 Å². The molecule has 0 unspecified atom stereocenters. The number of hydrogen-bond acceptors (Lipinski definition) is 0. The quantitative estimate of drug-likeness (QED) is 0.468. The van der Waals surface area contributed by atoms with Crippen LogP contribution in [0.25, 0.3) is 0 Å². The molecule has 0 aliphatic rings. The molecule has 0 spiro atoms. The molecular weight excluding hydrogens is 122 g/mol. The van der Waals surface area contributed by atoms with Crippen molar-refractivity contribution in [2.45, 2.75) is 36.6 Å². The predicted molar refractivity (Wildman–Crippen MR) is 38.3 cm³/mol. The van der Waals surface area contributed by atoms with E-state index in [1.807, 2.05) is 0 Å². The van der Waals surface area contributed by atoms with Gasteiger partial charge in [0.15, 0.2) is 0 Å². The standard InChI is InChI=1S/3C2H5.Al.Na.H/c3*1-2;;;/h3*1H2,2H3;;;/q;;;;+1;-1. The summed E-state index contributed by atoms with van der Waals surface area (Å²) in [6.07, 6.45) is 0. The zero-order chi connectivity index (χ0) is 5.70. The van der Waals surface area contributed by atoms with Gasteiger partial charge in [-0.25, -0.2) is 0 Å². The maximum atomic E-state index is 2.32. The van der Waals surface area contributed by atoms with Crippen molar-refractivity contribution < 1.29 is 31.0 Å². The summed E-state index contributed by atoms with van der Waals surface area (Å²) in [5.74, 6) is 0. The zero-order valence-electron chi connectivity index (χ0n) is 7.70. The second-order valence-corrected chi connectivity index (χ2v) is 6.27. The van der Waals surface area contributed by atoms with Crippen LogP contribution in [0.2, 0.25) is 15.8 Å². The summed E-state index contributed by atoms with van der Waals surface area (Å²) in [4.78, 5) is 0. The van der Waals surface area contributed by atoms with Crippen molar-refractivity contribution in [3.63, 3.8) is 0 Å². The summed E-state index contributed by atoms with van der Waals surface area (Å²) in [5, 5.41) is 4.48. The van der Waals surface area contributed by atoms with Crippen LogP contribution in [-0.2, 0) is 0 Å². The van der Waals surface area contributed by atoms with Crippen molar-refractivity contribution in [2.75, 3.05) is 0 Å². The third-order valence-corrected chi connectivity index (χ3v) is 5.20. The Bertz CT molecular complexity index is 34.5. The van der Waals surface area contributed by atoms with Gasteiger partial charge in [0.2, 0.25) is 0 Å². The van der Waals surface area contributed by atoms with Gasteiger partial charge in [0.1, 0.15) is 0 Å². The molecule has 0 saturated carbocycles. The Kier molecular flexibility index (Phi) is 13.0. The van der Waals surface area contributed by atoms with Gasteiger partial charge < -0.3 is 1.43 Å². The zero-order valence-corrected chi connectivity index (χ0v) is 9.85. The summed E-state index contributed by atoms with van der Waals surface area (Å²) >= 11 is -0.171. The van der Waals surface area contributed by atoms with E-state index in [0.29, 0.717) is 0 Å². The van der Waals surface area contributed by atoms with E-state index in [4.69, 9.17) is 0 Å². The van der Waals surface area contributed by atoms with Crippen molar-refractivity contribution in [3.05, 3.63) is 0 Å². The Morgan fingerprint density at radius 2 is 1.25 bits per heavy atom. The summed E-state index contributed by atoms with van der Waals surface area (Å²) < 4.78 is 0. The molecule has 2 heteroatoms. The van der Waals surface area contributed by atoms with E-state index in [9.17, 15) is 0 Å². The summed E-state index contributed by atoms with van der Waals surface area (Å²) in [7, 11) is 0. The molecule has 0 N–H and O–H groups in total. The van der Waals surface area contributed by atoms with Crippen LogP contribution in [0.5, 0.6) is 0 Å². The van der Waals surface area contributed by atoms with E-state index in [2.05, 4.69) is 20.8 Å². The van der Waals surface area contributed by atoms with Crippen molar-refractivity contribution in [3.8, 4) is 0 Å². The van der Waals surface area contributed by atoms with E-state index in [-0.39, 0.29) is 45.1 Å². The van der Waals surface area contributed by atoms with Gasteiger partial charge in [-0.15, -0.1) is 0 Å². The summed E-state index contributed by atoms with van der Waals surface area (Å²) in [5.41, 5.74) is 0. The SMILES string of the molecule is C[CH2][Al]([CH2]C)[CH2]C.[H-].[Na+]. The molecule has 0 aliphatic heterocycles. The fraction of sp³-hybridized carbons (Fsp3) is 1.00. The molecule has 0 rings (SSSR count). The van der Waals surface area contributed by atoms with Crippen LogP contribution >= 0.6 is 0 Å². The fourth-order valence-corrected chi connectivity index (χ4v) is 2.60. The average molecular weight is 138 g/mol. The molecule has 0 amide bonds.